The van der Waals surface area contributed by atoms with Crippen molar-refractivity contribution in [1.29, 1.82) is 0 Å². The van der Waals surface area contributed by atoms with Gasteiger partial charge in [0.1, 0.15) is 0 Å². The standard InChI is InChI=1S/C15H24ClN3/c1-12(2)19(10-13-3-6-17-7-4-13)11-15-9-14(16)5-8-18-15/h5,8-9,12-13,17H,3-4,6-7,10-11H2,1-2H3. The first kappa shape index (κ1) is 14.8. The van der Waals surface area contributed by atoms with E-state index in [1.54, 1.807) is 6.20 Å². The van der Waals surface area contributed by atoms with Gasteiger partial charge in [-0.15, -0.1) is 0 Å². The molecule has 1 aliphatic heterocycles. The van der Waals surface area contributed by atoms with E-state index in [0.717, 1.165) is 42.8 Å². The SMILES string of the molecule is CC(C)N(Cc1cc(Cl)ccn1)CC1CCNCC1. The normalized spacial score (nSPS) is 17.3. The van der Waals surface area contributed by atoms with Gasteiger partial charge in [0.05, 0.1) is 5.69 Å². The van der Waals surface area contributed by atoms with Gasteiger partial charge in [-0.05, 0) is 57.8 Å². The van der Waals surface area contributed by atoms with Crippen molar-refractivity contribution in [1.82, 2.24) is 15.2 Å². The average molecular weight is 282 g/mol. The van der Waals surface area contributed by atoms with E-state index in [1.807, 2.05) is 12.1 Å². The molecule has 19 heavy (non-hydrogen) atoms. The van der Waals surface area contributed by atoms with E-state index in [1.165, 1.54) is 12.8 Å². The Kier molecular flexibility index (Phi) is 5.61. The molecule has 1 aromatic heterocycles. The molecule has 0 saturated carbocycles. The summed E-state index contributed by atoms with van der Waals surface area (Å²) in [6.45, 7) is 8.88. The summed E-state index contributed by atoms with van der Waals surface area (Å²) < 4.78 is 0. The highest BCUT2D eigenvalue weighted by Crippen LogP contribution is 2.17. The largest absolute Gasteiger partial charge is 0.317 e. The van der Waals surface area contributed by atoms with Gasteiger partial charge in [-0.1, -0.05) is 11.6 Å². The van der Waals surface area contributed by atoms with Gasteiger partial charge >= 0.3 is 0 Å². The molecule has 1 N–H and O–H groups in total. The predicted molar refractivity (Wildman–Crippen MR) is 80.4 cm³/mol. The lowest BCUT2D eigenvalue weighted by atomic mass is 9.97. The first-order valence-corrected chi connectivity index (χ1v) is 7.58. The minimum Gasteiger partial charge on any atom is -0.317 e. The average Bonchev–Trinajstić information content (AvgIpc) is 2.39. The van der Waals surface area contributed by atoms with E-state index in [2.05, 4.69) is 29.0 Å². The van der Waals surface area contributed by atoms with Crippen LogP contribution in [0, 0.1) is 5.92 Å². The molecule has 1 saturated heterocycles. The highest BCUT2D eigenvalue weighted by Gasteiger charge is 2.19. The smallest absolute Gasteiger partial charge is 0.0558 e. The third kappa shape index (κ3) is 4.75. The number of piperidine rings is 1. The van der Waals surface area contributed by atoms with Gasteiger partial charge in [0.15, 0.2) is 0 Å². The fraction of sp³-hybridized carbons (Fsp3) is 0.667. The van der Waals surface area contributed by atoms with Crippen molar-refractivity contribution >= 4 is 11.6 Å². The third-order valence-corrected chi connectivity index (χ3v) is 4.06. The van der Waals surface area contributed by atoms with E-state index in [0.29, 0.717) is 6.04 Å². The topological polar surface area (TPSA) is 28.2 Å². The Morgan fingerprint density at radius 1 is 1.42 bits per heavy atom. The molecule has 2 heterocycles. The molecule has 0 unspecified atom stereocenters. The molecule has 0 aromatic carbocycles. The zero-order valence-electron chi connectivity index (χ0n) is 11.9. The molecule has 0 spiro atoms. The summed E-state index contributed by atoms with van der Waals surface area (Å²) in [5.41, 5.74) is 1.06. The quantitative estimate of drug-likeness (QED) is 0.899. The summed E-state index contributed by atoms with van der Waals surface area (Å²) in [6.07, 6.45) is 4.36. The summed E-state index contributed by atoms with van der Waals surface area (Å²) in [5, 5.41) is 4.20. The number of rotatable bonds is 5. The van der Waals surface area contributed by atoms with E-state index >= 15 is 0 Å². The molecule has 106 valence electrons. The molecule has 0 radical (unpaired) electrons. The van der Waals surface area contributed by atoms with E-state index < -0.39 is 0 Å². The molecule has 1 fully saturated rings. The Labute approximate surface area is 121 Å². The molecule has 4 heteroatoms. The molecule has 0 amide bonds. The van der Waals surface area contributed by atoms with Crippen LogP contribution in [-0.4, -0.2) is 35.6 Å². The Hall–Kier alpha value is -0.640. The van der Waals surface area contributed by atoms with Gasteiger partial charge in [0.2, 0.25) is 0 Å². The summed E-state index contributed by atoms with van der Waals surface area (Å²) in [4.78, 5) is 6.92. The van der Waals surface area contributed by atoms with Crippen LogP contribution in [0.15, 0.2) is 18.3 Å². The monoisotopic (exact) mass is 281 g/mol. The van der Waals surface area contributed by atoms with Crippen molar-refractivity contribution in [3.8, 4) is 0 Å². The van der Waals surface area contributed by atoms with Gasteiger partial charge in [0, 0.05) is 30.4 Å². The van der Waals surface area contributed by atoms with Crippen LogP contribution >= 0.6 is 11.6 Å². The molecule has 0 aliphatic carbocycles. The lowest BCUT2D eigenvalue weighted by Crippen LogP contribution is -2.39. The van der Waals surface area contributed by atoms with Crippen molar-refractivity contribution in [3.05, 3.63) is 29.0 Å². The summed E-state index contributed by atoms with van der Waals surface area (Å²) in [6, 6.07) is 4.34. The van der Waals surface area contributed by atoms with Crippen LogP contribution < -0.4 is 5.32 Å². The summed E-state index contributed by atoms with van der Waals surface area (Å²) >= 11 is 6.03. The zero-order valence-corrected chi connectivity index (χ0v) is 12.7. The van der Waals surface area contributed by atoms with Crippen LogP contribution in [0.1, 0.15) is 32.4 Å². The summed E-state index contributed by atoms with van der Waals surface area (Å²) in [5.74, 6) is 0.808. The van der Waals surface area contributed by atoms with Crippen molar-refractivity contribution in [3.63, 3.8) is 0 Å². The summed E-state index contributed by atoms with van der Waals surface area (Å²) in [7, 11) is 0. The molecule has 0 atom stereocenters. The van der Waals surface area contributed by atoms with E-state index in [9.17, 15) is 0 Å². The number of nitrogens with zero attached hydrogens (tertiary/aromatic N) is 2. The first-order valence-electron chi connectivity index (χ1n) is 7.20. The van der Waals surface area contributed by atoms with Gasteiger partial charge in [0.25, 0.3) is 0 Å². The van der Waals surface area contributed by atoms with Crippen molar-refractivity contribution < 1.29 is 0 Å². The van der Waals surface area contributed by atoms with Crippen molar-refractivity contribution in [2.45, 2.75) is 39.3 Å². The molecular formula is C15H24ClN3. The highest BCUT2D eigenvalue weighted by molar-refractivity contribution is 6.30. The number of halogens is 1. The van der Waals surface area contributed by atoms with Crippen molar-refractivity contribution in [2.75, 3.05) is 19.6 Å². The van der Waals surface area contributed by atoms with Crippen LogP contribution in [0.4, 0.5) is 0 Å². The maximum absolute atomic E-state index is 6.03. The predicted octanol–water partition coefficient (Wildman–Crippen LogP) is 2.95. The molecule has 1 aliphatic rings. The number of hydrogen-bond donors (Lipinski definition) is 1. The highest BCUT2D eigenvalue weighted by atomic mass is 35.5. The van der Waals surface area contributed by atoms with Gasteiger partial charge in [-0.3, -0.25) is 9.88 Å². The van der Waals surface area contributed by atoms with Crippen molar-refractivity contribution in [2.24, 2.45) is 5.92 Å². The second kappa shape index (κ2) is 7.22. The maximum atomic E-state index is 6.03. The first-order chi connectivity index (χ1) is 9.15. The minimum absolute atomic E-state index is 0.538. The Balaban J connectivity index is 1.95. The molecule has 0 bridgehead atoms. The molecule has 1 aromatic rings. The number of aromatic nitrogens is 1. The lowest BCUT2D eigenvalue weighted by molar-refractivity contribution is 0.160. The van der Waals surface area contributed by atoms with Crippen LogP contribution in [0.2, 0.25) is 5.02 Å². The minimum atomic E-state index is 0.538. The number of hydrogen-bond acceptors (Lipinski definition) is 3. The Bertz CT molecular complexity index is 389. The second-order valence-corrected chi connectivity index (χ2v) is 6.12. The number of pyridine rings is 1. The van der Waals surface area contributed by atoms with E-state index in [4.69, 9.17) is 11.6 Å². The Morgan fingerprint density at radius 3 is 2.79 bits per heavy atom. The van der Waals surface area contributed by atoms with E-state index in [-0.39, 0.29) is 0 Å². The second-order valence-electron chi connectivity index (χ2n) is 5.68. The molecule has 3 nitrogen and oxygen atoms in total. The third-order valence-electron chi connectivity index (χ3n) is 3.83. The maximum Gasteiger partial charge on any atom is 0.0558 e. The van der Waals surface area contributed by atoms with Crippen LogP contribution in [0.5, 0.6) is 0 Å². The Morgan fingerprint density at radius 2 is 2.16 bits per heavy atom. The van der Waals surface area contributed by atoms with Gasteiger partial charge in [-0.25, -0.2) is 0 Å². The van der Waals surface area contributed by atoms with Gasteiger partial charge in [-0.2, -0.15) is 0 Å². The zero-order chi connectivity index (χ0) is 13.7. The van der Waals surface area contributed by atoms with Crippen LogP contribution in [0.25, 0.3) is 0 Å². The van der Waals surface area contributed by atoms with Crippen LogP contribution in [0.3, 0.4) is 0 Å². The van der Waals surface area contributed by atoms with Crippen LogP contribution in [-0.2, 0) is 6.54 Å². The molecular weight excluding hydrogens is 258 g/mol. The molecule has 2 rings (SSSR count). The fourth-order valence-electron chi connectivity index (χ4n) is 2.60. The number of nitrogens with one attached hydrogen (secondary N) is 1. The van der Waals surface area contributed by atoms with Gasteiger partial charge < -0.3 is 5.32 Å². The lowest BCUT2D eigenvalue weighted by Gasteiger charge is -2.32. The fourth-order valence-corrected chi connectivity index (χ4v) is 2.78.